The summed E-state index contributed by atoms with van der Waals surface area (Å²) in [5, 5.41) is 0. The molecule has 0 bridgehead atoms. The molecule has 1 fully saturated rings. The summed E-state index contributed by atoms with van der Waals surface area (Å²) in [6.45, 7) is 6.52. The van der Waals surface area contributed by atoms with E-state index in [-0.39, 0.29) is 17.5 Å². The Kier molecular flexibility index (Phi) is 3.78. The van der Waals surface area contributed by atoms with E-state index in [1.807, 2.05) is 6.92 Å². The summed E-state index contributed by atoms with van der Waals surface area (Å²) < 4.78 is 14.1. The summed E-state index contributed by atoms with van der Waals surface area (Å²) in [4.78, 5) is 14.2. The van der Waals surface area contributed by atoms with Gasteiger partial charge in [-0.1, -0.05) is 6.92 Å². The van der Waals surface area contributed by atoms with E-state index in [1.54, 1.807) is 17.9 Å². The molecule has 1 aliphatic rings. The molecule has 2 rings (SSSR count). The second-order valence-electron chi connectivity index (χ2n) is 5.68. The van der Waals surface area contributed by atoms with Crippen LogP contribution in [0.5, 0.6) is 0 Å². The highest BCUT2D eigenvalue weighted by Crippen LogP contribution is 2.26. The van der Waals surface area contributed by atoms with E-state index in [1.165, 1.54) is 6.07 Å². The lowest BCUT2D eigenvalue weighted by Gasteiger charge is -2.36. The average molecular weight is 264 g/mol. The van der Waals surface area contributed by atoms with E-state index < -0.39 is 5.82 Å². The molecule has 1 heterocycles. The minimum absolute atomic E-state index is 0.0962. The lowest BCUT2D eigenvalue weighted by molar-refractivity contribution is 0.0584. The molecule has 3 nitrogen and oxygen atoms in total. The number of carbonyl (C=O) groups excluding carboxylic acids is 1. The molecule has 4 heteroatoms. The number of rotatable bonds is 1. The number of carbonyl (C=O) groups is 1. The number of anilines is 1. The lowest BCUT2D eigenvalue weighted by atomic mass is 9.92. The first-order chi connectivity index (χ1) is 8.90. The van der Waals surface area contributed by atoms with Crippen LogP contribution >= 0.6 is 0 Å². The topological polar surface area (TPSA) is 46.3 Å². The van der Waals surface area contributed by atoms with Crippen molar-refractivity contribution in [3.63, 3.8) is 0 Å². The van der Waals surface area contributed by atoms with Crippen molar-refractivity contribution in [2.75, 3.05) is 12.3 Å². The molecule has 19 heavy (non-hydrogen) atoms. The van der Waals surface area contributed by atoms with E-state index >= 15 is 0 Å². The molecular formula is C15H21FN2O. The van der Waals surface area contributed by atoms with Gasteiger partial charge in [0, 0.05) is 18.3 Å². The third-order valence-corrected chi connectivity index (χ3v) is 3.91. The molecule has 0 aliphatic carbocycles. The molecule has 1 aliphatic heterocycles. The van der Waals surface area contributed by atoms with Crippen molar-refractivity contribution >= 4 is 11.6 Å². The monoisotopic (exact) mass is 264 g/mol. The molecule has 1 saturated heterocycles. The molecule has 104 valence electrons. The standard InChI is InChI=1S/C15H21FN2O/c1-9-4-5-18(11(3)6-9)15(19)13-8-12(17)7-10(2)14(13)16/h7-9,11H,4-6,17H2,1-3H3. The van der Waals surface area contributed by atoms with Crippen LogP contribution in [0.1, 0.15) is 42.6 Å². The maximum absolute atomic E-state index is 14.1. The molecular weight excluding hydrogens is 243 g/mol. The number of aryl methyl sites for hydroxylation is 1. The SMILES string of the molecule is Cc1cc(N)cc(C(=O)N2CCC(C)CC2C)c1F. The van der Waals surface area contributed by atoms with Crippen molar-refractivity contribution < 1.29 is 9.18 Å². The minimum Gasteiger partial charge on any atom is -0.399 e. The van der Waals surface area contributed by atoms with Crippen molar-refractivity contribution in [3.8, 4) is 0 Å². The third-order valence-electron chi connectivity index (χ3n) is 3.91. The van der Waals surface area contributed by atoms with Crippen molar-refractivity contribution in [1.82, 2.24) is 4.90 Å². The van der Waals surface area contributed by atoms with Crippen molar-refractivity contribution in [2.24, 2.45) is 5.92 Å². The smallest absolute Gasteiger partial charge is 0.257 e. The maximum Gasteiger partial charge on any atom is 0.257 e. The van der Waals surface area contributed by atoms with Crippen molar-refractivity contribution in [1.29, 1.82) is 0 Å². The Morgan fingerprint density at radius 1 is 1.42 bits per heavy atom. The van der Waals surface area contributed by atoms with Gasteiger partial charge in [-0.2, -0.15) is 0 Å². The second-order valence-corrected chi connectivity index (χ2v) is 5.68. The van der Waals surface area contributed by atoms with E-state index in [4.69, 9.17) is 5.73 Å². The lowest BCUT2D eigenvalue weighted by Crippen LogP contribution is -2.44. The number of piperidine rings is 1. The maximum atomic E-state index is 14.1. The highest BCUT2D eigenvalue weighted by atomic mass is 19.1. The van der Waals surface area contributed by atoms with Crippen LogP contribution in [-0.4, -0.2) is 23.4 Å². The van der Waals surface area contributed by atoms with E-state index in [0.29, 0.717) is 23.7 Å². The number of hydrogen-bond acceptors (Lipinski definition) is 2. The number of likely N-dealkylation sites (tertiary alicyclic amines) is 1. The Hall–Kier alpha value is -1.58. The van der Waals surface area contributed by atoms with Crippen LogP contribution in [-0.2, 0) is 0 Å². The molecule has 1 amide bonds. The van der Waals surface area contributed by atoms with Gasteiger partial charge in [0.2, 0.25) is 0 Å². The van der Waals surface area contributed by atoms with Crippen LogP contribution in [0.15, 0.2) is 12.1 Å². The second kappa shape index (κ2) is 5.19. The zero-order valence-corrected chi connectivity index (χ0v) is 11.7. The van der Waals surface area contributed by atoms with Crippen molar-refractivity contribution in [2.45, 2.75) is 39.7 Å². The summed E-state index contributed by atoms with van der Waals surface area (Å²) in [6.07, 6.45) is 1.94. The van der Waals surface area contributed by atoms with Gasteiger partial charge >= 0.3 is 0 Å². The molecule has 0 radical (unpaired) electrons. The highest BCUT2D eigenvalue weighted by molar-refractivity contribution is 5.95. The highest BCUT2D eigenvalue weighted by Gasteiger charge is 2.29. The number of nitrogen functional groups attached to an aromatic ring is 1. The van der Waals surface area contributed by atoms with Crippen LogP contribution < -0.4 is 5.73 Å². The van der Waals surface area contributed by atoms with E-state index in [0.717, 1.165) is 12.8 Å². The number of halogens is 1. The van der Waals surface area contributed by atoms with Gasteiger partial charge < -0.3 is 10.6 Å². The first-order valence-electron chi connectivity index (χ1n) is 6.76. The number of nitrogens with two attached hydrogens (primary N) is 1. The molecule has 1 aromatic rings. The molecule has 0 saturated carbocycles. The Balaban J connectivity index is 2.29. The fourth-order valence-electron chi connectivity index (χ4n) is 2.82. The van der Waals surface area contributed by atoms with Gasteiger partial charge in [-0.15, -0.1) is 0 Å². The number of benzene rings is 1. The molecule has 0 aromatic heterocycles. The van der Waals surface area contributed by atoms with Crippen LogP contribution in [0, 0.1) is 18.7 Å². The fraction of sp³-hybridized carbons (Fsp3) is 0.533. The van der Waals surface area contributed by atoms with Crippen molar-refractivity contribution in [3.05, 3.63) is 29.1 Å². The summed E-state index contributed by atoms with van der Waals surface area (Å²) in [5.41, 5.74) is 6.66. The quantitative estimate of drug-likeness (QED) is 0.793. The minimum atomic E-state index is -0.454. The van der Waals surface area contributed by atoms with Gasteiger partial charge in [-0.3, -0.25) is 4.79 Å². The Morgan fingerprint density at radius 3 is 2.74 bits per heavy atom. The number of amides is 1. The average Bonchev–Trinajstić information content (AvgIpc) is 2.33. The predicted octanol–water partition coefficient (Wildman–Crippen LogP) is 2.98. The van der Waals surface area contributed by atoms with Gasteiger partial charge in [0.1, 0.15) is 5.82 Å². The number of nitrogens with zero attached hydrogens (tertiary/aromatic N) is 1. The first kappa shape index (κ1) is 13.8. The molecule has 2 N–H and O–H groups in total. The Labute approximate surface area is 113 Å². The number of hydrogen-bond donors (Lipinski definition) is 1. The largest absolute Gasteiger partial charge is 0.399 e. The van der Waals surface area contributed by atoms with Crippen LogP contribution in [0.25, 0.3) is 0 Å². The van der Waals surface area contributed by atoms with Crippen LogP contribution in [0.3, 0.4) is 0 Å². The van der Waals surface area contributed by atoms with E-state index in [9.17, 15) is 9.18 Å². The summed E-state index contributed by atoms with van der Waals surface area (Å²) in [7, 11) is 0. The molecule has 1 aromatic carbocycles. The van der Waals surface area contributed by atoms with Gasteiger partial charge in [0.25, 0.3) is 5.91 Å². The summed E-state index contributed by atoms with van der Waals surface area (Å²) in [6, 6.07) is 3.14. The van der Waals surface area contributed by atoms with Gasteiger partial charge in [-0.25, -0.2) is 4.39 Å². The molecule has 2 atom stereocenters. The van der Waals surface area contributed by atoms with Crippen LogP contribution in [0.4, 0.5) is 10.1 Å². The van der Waals surface area contributed by atoms with Gasteiger partial charge in [0.15, 0.2) is 0 Å². The zero-order valence-electron chi connectivity index (χ0n) is 11.7. The third kappa shape index (κ3) is 2.72. The van der Waals surface area contributed by atoms with Gasteiger partial charge in [0.05, 0.1) is 5.56 Å². The Bertz CT molecular complexity index is 501. The molecule has 2 unspecified atom stereocenters. The van der Waals surface area contributed by atoms with Gasteiger partial charge in [-0.05, 0) is 50.3 Å². The Morgan fingerprint density at radius 2 is 2.11 bits per heavy atom. The summed E-state index contributed by atoms with van der Waals surface area (Å²) in [5.74, 6) is -0.0798. The normalized spacial score (nSPS) is 23.5. The van der Waals surface area contributed by atoms with E-state index in [2.05, 4.69) is 6.92 Å². The fourth-order valence-corrected chi connectivity index (χ4v) is 2.82. The molecule has 0 spiro atoms. The predicted molar refractivity (Wildman–Crippen MR) is 74.4 cm³/mol. The van der Waals surface area contributed by atoms with Crippen LogP contribution in [0.2, 0.25) is 0 Å². The summed E-state index contributed by atoms with van der Waals surface area (Å²) >= 11 is 0. The zero-order chi connectivity index (χ0) is 14.2. The first-order valence-corrected chi connectivity index (χ1v) is 6.76.